The number of hydrogen-bond donors (Lipinski definition) is 1. The highest BCUT2D eigenvalue weighted by molar-refractivity contribution is 7.11. The van der Waals surface area contributed by atoms with Crippen molar-refractivity contribution in [2.45, 2.75) is 38.8 Å². The number of carbonyl (C=O) groups is 2. The molecule has 0 unspecified atom stereocenters. The van der Waals surface area contributed by atoms with E-state index in [2.05, 4.69) is 34.3 Å². The maximum absolute atomic E-state index is 14.0. The summed E-state index contributed by atoms with van der Waals surface area (Å²) >= 11 is 7.93. The van der Waals surface area contributed by atoms with E-state index in [4.69, 9.17) is 21.3 Å². The maximum atomic E-state index is 14.0. The molecule has 230 valence electrons. The van der Waals surface area contributed by atoms with E-state index in [1.165, 1.54) is 29.0 Å². The quantitative estimate of drug-likeness (QED) is 0.316. The lowest BCUT2D eigenvalue weighted by Gasteiger charge is -2.38. The number of ether oxygens (including phenoxy) is 1. The number of benzene rings is 2. The van der Waals surface area contributed by atoms with Gasteiger partial charge in [0.25, 0.3) is 0 Å². The third-order valence-electron chi connectivity index (χ3n) is 8.12. The Hall–Kier alpha value is -3.80. The van der Waals surface area contributed by atoms with E-state index in [9.17, 15) is 14.0 Å². The Morgan fingerprint density at radius 3 is 2.68 bits per heavy atom. The van der Waals surface area contributed by atoms with Gasteiger partial charge in [-0.15, -0.1) is 11.3 Å². The Kier molecular flexibility index (Phi) is 8.97. The maximum Gasteiger partial charge on any atom is 0.338 e. The first-order valence-electron chi connectivity index (χ1n) is 14.9. The van der Waals surface area contributed by atoms with E-state index in [1.54, 1.807) is 19.2 Å². The highest BCUT2D eigenvalue weighted by Gasteiger charge is 2.42. The molecule has 2 atom stereocenters. The van der Waals surface area contributed by atoms with Gasteiger partial charge in [0.2, 0.25) is 0 Å². The molecule has 0 radical (unpaired) electrons. The highest BCUT2D eigenvalue weighted by atomic mass is 35.5. The lowest BCUT2D eigenvalue weighted by Crippen LogP contribution is -2.53. The van der Waals surface area contributed by atoms with Crippen molar-refractivity contribution >= 4 is 46.5 Å². The summed E-state index contributed by atoms with van der Waals surface area (Å²) in [5.74, 6) is -0.496. The lowest BCUT2D eigenvalue weighted by molar-refractivity contribution is -0.139. The summed E-state index contributed by atoms with van der Waals surface area (Å²) < 4.78 is 19.5. The van der Waals surface area contributed by atoms with Gasteiger partial charge in [0.05, 0.1) is 18.2 Å². The minimum atomic E-state index is -0.821. The molecular weight excluding hydrogens is 603 g/mol. The number of amidine groups is 1. The summed E-state index contributed by atoms with van der Waals surface area (Å²) in [7, 11) is 0. The summed E-state index contributed by atoms with van der Waals surface area (Å²) in [5.41, 5.74) is 3.60. The smallest absolute Gasteiger partial charge is 0.338 e. The van der Waals surface area contributed by atoms with Crippen LogP contribution in [0.2, 0.25) is 5.02 Å². The summed E-state index contributed by atoms with van der Waals surface area (Å²) in [6, 6.07) is 11.5. The van der Waals surface area contributed by atoms with Gasteiger partial charge in [0.1, 0.15) is 11.9 Å². The number of urea groups is 1. The molecule has 3 aromatic rings. The topological polar surface area (TPSA) is 90.4 Å². The Balaban J connectivity index is 1.28. The van der Waals surface area contributed by atoms with Gasteiger partial charge < -0.3 is 15.0 Å². The highest BCUT2D eigenvalue weighted by Crippen LogP contribution is 2.37. The zero-order chi connectivity index (χ0) is 30.8. The van der Waals surface area contributed by atoms with Crippen LogP contribution in [0, 0.1) is 5.82 Å². The van der Waals surface area contributed by atoms with Gasteiger partial charge in [0.15, 0.2) is 10.8 Å². The van der Waals surface area contributed by atoms with Crippen molar-refractivity contribution in [2.24, 2.45) is 4.99 Å². The van der Waals surface area contributed by atoms with Gasteiger partial charge in [-0.1, -0.05) is 43.1 Å². The van der Waals surface area contributed by atoms with E-state index in [0.717, 1.165) is 18.5 Å². The normalized spacial score (nSPS) is 20.5. The number of nitrogens with one attached hydrogen (secondary N) is 1. The van der Waals surface area contributed by atoms with Crippen LogP contribution in [0.15, 0.2) is 70.3 Å². The van der Waals surface area contributed by atoms with Crippen LogP contribution in [0.5, 0.6) is 0 Å². The van der Waals surface area contributed by atoms with Crippen LogP contribution in [0.1, 0.15) is 42.4 Å². The fraction of sp³-hybridized carbons (Fsp3) is 0.375. The molecule has 2 saturated heterocycles. The summed E-state index contributed by atoms with van der Waals surface area (Å²) in [5, 5.41) is 6.04. The number of aromatic nitrogens is 1. The lowest BCUT2D eigenvalue weighted by atomic mass is 9.95. The molecule has 0 bridgehead atoms. The number of aryl methyl sites for hydroxylation is 1. The second-order valence-electron chi connectivity index (χ2n) is 11.0. The van der Waals surface area contributed by atoms with E-state index < -0.39 is 17.8 Å². The van der Waals surface area contributed by atoms with Gasteiger partial charge in [0, 0.05) is 66.3 Å². The van der Waals surface area contributed by atoms with Gasteiger partial charge in [-0.3, -0.25) is 14.8 Å². The van der Waals surface area contributed by atoms with E-state index in [1.807, 2.05) is 27.3 Å². The molecule has 0 saturated carbocycles. The van der Waals surface area contributed by atoms with Crippen LogP contribution in [0.3, 0.4) is 0 Å². The molecule has 4 heterocycles. The van der Waals surface area contributed by atoms with Gasteiger partial charge in [-0.25, -0.2) is 19.0 Å². The van der Waals surface area contributed by atoms with Crippen LogP contribution in [0.25, 0.3) is 0 Å². The van der Waals surface area contributed by atoms with Crippen LogP contribution >= 0.6 is 22.9 Å². The predicted molar refractivity (Wildman–Crippen MR) is 170 cm³/mol. The molecule has 0 spiro atoms. The molecule has 2 aromatic carbocycles. The number of fused-ring (bicyclic) bond motifs is 1. The van der Waals surface area contributed by atoms with Crippen LogP contribution in [-0.2, 0) is 16.0 Å². The Morgan fingerprint density at radius 1 is 1.16 bits per heavy atom. The molecule has 0 aliphatic carbocycles. The number of hydrogen-bond acceptors (Lipinski definition) is 8. The van der Waals surface area contributed by atoms with Crippen LogP contribution in [-0.4, -0.2) is 78.0 Å². The minimum absolute atomic E-state index is 0.00348. The van der Waals surface area contributed by atoms with Crippen molar-refractivity contribution in [3.8, 4) is 0 Å². The monoisotopic (exact) mass is 636 g/mol. The average Bonchev–Trinajstić information content (AvgIpc) is 3.66. The van der Waals surface area contributed by atoms with Crippen molar-refractivity contribution in [2.75, 3.05) is 44.2 Å². The molecule has 2 amide bonds. The van der Waals surface area contributed by atoms with Crippen LogP contribution in [0.4, 0.5) is 14.9 Å². The molecule has 3 aliphatic rings. The molecule has 3 aliphatic heterocycles. The molecule has 9 nitrogen and oxygen atoms in total. The van der Waals surface area contributed by atoms with Crippen molar-refractivity contribution < 1.29 is 18.7 Å². The Bertz CT molecular complexity index is 1600. The molecule has 1 aromatic heterocycles. The molecule has 44 heavy (non-hydrogen) atoms. The molecular formula is C32H34ClFN6O3S. The predicted octanol–water partition coefficient (Wildman–Crippen LogP) is 5.42. The summed E-state index contributed by atoms with van der Waals surface area (Å²) in [4.78, 5) is 42.2. The SMILES string of the molecule is CCCc1ccc(N2C[C@@H]3CN(CC4=C(C(=O)OCC)[C@H](c5ccc(F)cc5Cl)N=C(c5nccs5)N4)CCN3C2=O)cc1. The number of amides is 2. The van der Waals surface area contributed by atoms with Crippen molar-refractivity contribution in [3.63, 3.8) is 0 Å². The third kappa shape index (κ3) is 6.09. The Morgan fingerprint density at radius 2 is 1.98 bits per heavy atom. The number of nitrogens with zero attached hydrogens (tertiary/aromatic N) is 5. The number of halogens is 2. The van der Waals surface area contributed by atoms with Crippen molar-refractivity contribution in [1.82, 2.24) is 20.1 Å². The zero-order valence-electron chi connectivity index (χ0n) is 24.6. The average molecular weight is 637 g/mol. The minimum Gasteiger partial charge on any atom is -0.463 e. The number of esters is 1. The second kappa shape index (κ2) is 13.1. The second-order valence-corrected chi connectivity index (χ2v) is 12.3. The van der Waals surface area contributed by atoms with Gasteiger partial charge >= 0.3 is 12.0 Å². The molecule has 1 N–H and O–H groups in total. The fourth-order valence-electron chi connectivity index (χ4n) is 6.05. The number of aliphatic imine (C=N–C) groups is 1. The summed E-state index contributed by atoms with van der Waals surface area (Å²) in [6.45, 7) is 6.87. The number of carbonyl (C=O) groups excluding carboxylic acids is 2. The number of piperazine rings is 1. The molecule has 12 heteroatoms. The van der Waals surface area contributed by atoms with Crippen molar-refractivity contribution in [3.05, 3.63) is 92.3 Å². The summed E-state index contributed by atoms with van der Waals surface area (Å²) in [6.07, 6.45) is 3.78. The number of anilines is 1. The van der Waals surface area contributed by atoms with E-state index >= 15 is 0 Å². The largest absolute Gasteiger partial charge is 0.463 e. The Labute approximate surface area is 265 Å². The fourth-order valence-corrected chi connectivity index (χ4v) is 6.91. The first kappa shape index (κ1) is 30.2. The molecule has 2 fully saturated rings. The van der Waals surface area contributed by atoms with E-state index in [-0.39, 0.29) is 23.7 Å². The standard InChI is InChI=1S/C32H34ClFN6O3S/c1-3-5-20-6-9-22(10-7-20)40-18-23-17-38(13-14-39(23)32(40)42)19-26-27(31(41)43-4-2)28(24-11-8-21(34)16-25(24)33)37-29(36-26)30-35-12-15-44-30/h6-12,15-16,23,28H,3-5,13-14,17-19H2,1-2H3,(H,36,37)/t23-,28-/m0/s1. The van der Waals surface area contributed by atoms with E-state index in [0.29, 0.717) is 60.4 Å². The first-order chi connectivity index (χ1) is 21.4. The first-order valence-corrected chi connectivity index (χ1v) is 16.1. The third-order valence-corrected chi connectivity index (χ3v) is 9.23. The number of rotatable bonds is 9. The zero-order valence-corrected chi connectivity index (χ0v) is 26.2. The van der Waals surface area contributed by atoms with Crippen molar-refractivity contribution in [1.29, 1.82) is 0 Å². The number of thiazole rings is 1. The van der Waals surface area contributed by atoms with Crippen LogP contribution < -0.4 is 10.2 Å². The van der Waals surface area contributed by atoms with Gasteiger partial charge in [-0.05, 0) is 43.2 Å². The molecule has 6 rings (SSSR count). The van der Waals surface area contributed by atoms with Gasteiger partial charge in [-0.2, -0.15) is 0 Å².